The zero-order valence-corrected chi connectivity index (χ0v) is 34.1. The van der Waals surface area contributed by atoms with Crippen LogP contribution in [-0.4, -0.2) is 0 Å². The van der Waals surface area contributed by atoms with Crippen molar-refractivity contribution < 1.29 is 87.1 Å². The largest absolute Gasteiger partial charge is 1.00 e. The number of hydrogen-bond acceptors (Lipinski definition) is 6. The van der Waals surface area contributed by atoms with E-state index in [0.29, 0.717) is 11.5 Å². The van der Waals surface area contributed by atoms with Gasteiger partial charge in [-0.1, -0.05) is 158 Å². The van der Waals surface area contributed by atoms with Crippen molar-refractivity contribution >= 4 is 51.0 Å². The van der Waals surface area contributed by atoms with Gasteiger partial charge in [0.15, 0.2) is 0 Å². The van der Waals surface area contributed by atoms with Crippen molar-refractivity contribution in [3.63, 3.8) is 0 Å². The summed E-state index contributed by atoms with van der Waals surface area (Å²) < 4.78 is 36.7. The molecule has 6 nitrogen and oxygen atoms in total. The van der Waals surface area contributed by atoms with Crippen molar-refractivity contribution in [2.24, 2.45) is 0 Å². The van der Waals surface area contributed by atoms with E-state index in [-0.39, 0.29) is 59.1 Å². The molecule has 0 fully saturated rings. The molecule has 6 rings (SSSR count). The minimum atomic E-state index is -4.15. The molecule has 6 aromatic carbocycles. The molecule has 232 valence electrons. The monoisotopic (exact) mass is 728 g/mol. The van der Waals surface area contributed by atoms with Gasteiger partial charge in [-0.3, -0.25) is 9.13 Å². The van der Waals surface area contributed by atoms with Crippen molar-refractivity contribution in [3.05, 3.63) is 182 Å². The molecule has 12 heteroatoms. The molecule has 0 aromatic heterocycles. The van der Waals surface area contributed by atoms with Crippen LogP contribution in [0.4, 0.5) is 0 Å². The zero-order chi connectivity index (χ0) is 32.2. The fraction of sp³-hybridized carbons (Fsp3) is 0. The molecule has 0 aliphatic heterocycles. The van der Waals surface area contributed by atoms with E-state index < -0.39 is 29.8 Å². The molecular weight excluding hydrogens is 698 g/mol. The van der Waals surface area contributed by atoms with Crippen LogP contribution in [0.15, 0.2) is 182 Å². The summed E-state index contributed by atoms with van der Waals surface area (Å²) in [5.74, 6) is 0.676. The van der Waals surface area contributed by atoms with Gasteiger partial charge in [-0.2, -0.15) is 0 Å². The Bertz CT molecular complexity index is 1660. The molecule has 0 bridgehead atoms. The minimum absolute atomic E-state index is 0. The average molecular weight is 729 g/mol. The maximum absolute atomic E-state index is 12.9. The van der Waals surface area contributed by atoms with Crippen LogP contribution in [-0.2, 0) is 9.13 Å². The normalized spacial score (nSPS) is 12.9. The predicted molar refractivity (Wildman–Crippen MR) is 187 cm³/mol. The summed E-state index contributed by atoms with van der Waals surface area (Å²) in [5, 5.41) is 3.01. The Labute approximate surface area is 328 Å². The third-order valence-corrected chi connectivity index (χ3v) is 17.6. The maximum atomic E-state index is 12.9. The third-order valence-electron chi connectivity index (χ3n) is 6.42. The molecule has 0 saturated carbocycles. The molecule has 0 aliphatic carbocycles. The van der Waals surface area contributed by atoms with Crippen molar-refractivity contribution in [1.29, 1.82) is 0 Å². The molecule has 0 amide bonds. The first kappa shape index (κ1) is 40.6. The fourth-order valence-electron chi connectivity index (χ4n) is 4.45. The number of para-hydroxylation sites is 2. The Morgan fingerprint density at radius 1 is 0.354 bits per heavy atom. The number of rotatable bonds is 10. The summed E-state index contributed by atoms with van der Waals surface area (Å²) in [4.78, 5) is 25.9. The van der Waals surface area contributed by atoms with Crippen LogP contribution in [0.25, 0.3) is 0 Å². The first-order valence-corrected chi connectivity index (χ1v) is 21.4. The first-order valence-electron chi connectivity index (χ1n) is 14.3. The van der Waals surface area contributed by atoms with Crippen molar-refractivity contribution in [2.45, 2.75) is 0 Å². The maximum Gasteiger partial charge on any atom is 1.00 e. The van der Waals surface area contributed by atoms with E-state index in [9.17, 15) is 18.9 Å². The molecular formula is C36H30Na2O6P4. The van der Waals surface area contributed by atoms with E-state index in [2.05, 4.69) is 0 Å². The minimum Gasteiger partial charge on any atom is -0.765 e. The fourth-order valence-corrected chi connectivity index (χ4v) is 15.0. The van der Waals surface area contributed by atoms with Gasteiger partial charge < -0.3 is 18.8 Å². The summed E-state index contributed by atoms with van der Waals surface area (Å²) in [7, 11) is -11.6. The van der Waals surface area contributed by atoms with E-state index in [1.807, 2.05) is 133 Å². The quantitative estimate of drug-likeness (QED) is 0.156. The van der Waals surface area contributed by atoms with Crippen LogP contribution in [0, 0.1) is 0 Å². The van der Waals surface area contributed by atoms with Crippen LogP contribution < -0.4 is 99.2 Å². The van der Waals surface area contributed by atoms with Gasteiger partial charge in [0, 0.05) is 15.2 Å². The number of benzene rings is 6. The SMILES string of the molecule is O=P([O-])(Oc1ccccc1)P(c1ccccc1)c1ccccc1.O=P([O-])(Oc1ccccc1)P(c1ccccc1)c1ccccc1.[Na+].[Na+]. The molecule has 0 saturated heterocycles. The second kappa shape index (κ2) is 20.1. The Morgan fingerprint density at radius 3 is 0.750 bits per heavy atom. The van der Waals surface area contributed by atoms with Gasteiger partial charge in [0.05, 0.1) is 0 Å². The van der Waals surface area contributed by atoms with E-state index in [1.165, 1.54) is 0 Å². The van der Waals surface area contributed by atoms with E-state index in [1.54, 1.807) is 48.5 Å². The molecule has 48 heavy (non-hydrogen) atoms. The first-order chi connectivity index (χ1) is 22.3. The smallest absolute Gasteiger partial charge is 0.765 e. The molecule has 0 spiro atoms. The molecule has 6 aromatic rings. The van der Waals surface area contributed by atoms with Gasteiger partial charge in [0.1, 0.15) is 11.5 Å². The summed E-state index contributed by atoms with van der Waals surface area (Å²) in [6.45, 7) is 0. The van der Waals surface area contributed by atoms with Crippen molar-refractivity contribution in [2.75, 3.05) is 0 Å². The van der Waals surface area contributed by atoms with Crippen molar-refractivity contribution in [3.8, 4) is 11.5 Å². The van der Waals surface area contributed by atoms with Gasteiger partial charge in [-0.15, -0.1) is 0 Å². The van der Waals surface area contributed by atoms with Crippen LogP contribution in [0.5, 0.6) is 11.5 Å². The van der Waals surface area contributed by atoms with Crippen LogP contribution >= 0.6 is 29.8 Å². The predicted octanol–water partition coefficient (Wildman–Crippen LogP) is 1.34. The topological polar surface area (TPSA) is 98.7 Å². The molecule has 0 radical (unpaired) electrons. The summed E-state index contributed by atoms with van der Waals surface area (Å²) >= 11 is 0. The molecule has 0 N–H and O–H groups in total. The summed E-state index contributed by atoms with van der Waals surface area (Å²) in [6, 6.07) is 54.1. The van der Waals surface area contributed by atoms with Crippen LogP contribution in [0.3, 0.4) is 0 Å². The van der Waals surface area contributed by atoms with Crippen LogP contribution in [0.2, 0.25) is 0 Å². The van der Waals surface area contributed by atoms with E-state index >= 15 is 0 Å². The Balaban J connectivity index is 0.000000250. The molecule has 2 atom stereocenters. The molecule has 0 aliphatic rings. The number of hydrogen-bond donors (Lipinski definition) is 0. The Hall–Kier alpha value is -1.84. The van der Waals surface area contributed by atoms with Gasteiger partial charge >= 0.3 is 59.1 Å². The van der Waals surface area contributed by atoms with Gasteiger partial charge in [0.2, 0.25) is 14.6 Å². The van der Waals surface area contributed by atoms with Gasteiger partial charge in [0.25, 0.3) is 0 Å². The standard InChI is InChI=1S/2C18H16O3P2.2Na/c2*19-23(20,21-16-10-4-1-5-11-16)22(17-12-6-2-7-13-17)18-14-8-3-9-15-18;;/h2*1-15H,(H,19,20);;/q;;2*+1/p-2. The van der Waals surface area contributed by atoms with E-state index in [0.717, 1.165) is 21.2 Å². The Morgan fingerprint density at radius 2 is 0.542 bits per heavy atom. The summed E-state index contributed by atoms with van der Waals surface area (Å²) in [5.41, 5.74) is 0. The van der Waals surface area contributed by atoms with Crippen LogP contribution in [0.1, 0.15) is 0 Å². The van der Waals surface area contributed by atoms with Gasteiger partial charge in [-0.05, 0) is 45.5 Å². The zero-order valence-electron chi connectivity index (χ0n) is 26.6. The second-order valence-electron chi connectivity index (χ2n) is 9.71. The average Bonchev–Trinajstić information content (AvgIpc) is 3.07. The van der Waals surface area contributed by atoms with E-state index in [4.69, 9.17) is 9.05 Å². The van der Waals surface area contributed by atoms with Crippen molar-refractivity contribution in [1.82, 2.24) is 0 Å². The second-order valence-corrected chi connectivity index (χ2v) is 20.6. The third kappa shape index (κ3) is 11.6. The molecule has 0 heterocycles. The molecule has 2 unspecified atom stereocenters. The Kier molecular flexibility index (Phi) is 17.0. The van der Waals surface area contributed by atoms with Gasteiger partial charge in [-0.25, -0.2) is 0 Å². The summed E-state index contributed by atoms with van der Waals surface area (Å²) in [6.07, 6.45) is 0.